The second kappa shape index (κ2) is 11.9. The molecule has 3 rings (SSSR count). The molecular weight excluding hydrogens is 526 g/mol. The highest BCUT2D eigenvalue weighted by atomic mass is 32.2. The minimum atomic E-state index is -4.94. The highest BCUT2D eigenvalue weighted by Crippen LogP contribution is 2.38. The van der Waals surface area contributed by atoms with Gasteiger partial charge in [-0.1, -0.05) is 42.2 Å². The van der Waals surface area contributed by atoms with E-state index in [0.29, 0.717) is 18.6 Å². The lowest BCUT2D eigenvalue weighted by Gasteiger charge is -2.36. The summed E-state index contributed by atoms with van der Waals surface area (Å²) >= 11 is 0. The van der Waals surface area contributed by atoms with Crippen LogP contribution in [0, 0.1) is 17.8 Å². The molecule has 2 aromatic rings. The Morgan fingerprint density at radius 3 is 2.19 bits per heavy atom. The van der Waals surface area contributed by atoms with E-state index >= 15 is 0 Å². The average molecular weight is 551 g/mol. The van der Waals surface area contributed by atoms with E-state index in [1.165, 1.54) is 0 Å². The maximum atomic E-state index is 13.2. The van der Waals surface area contributed by atoms with Gasteiger partial charge in [-0.15, -0.1) is 0 Å². The third kappa shape index (κ3) is 8.74. The van der Waals surface area contributed by atoms with E-state index in [-0.39, 0.29) is 43.8 Å². The molecular formula is C25H24F6O5S. The Morgan fingerprint density at radius 2 is 1.62 bits per heavy atom. The molecule has 0 spiro atoms. The molecule has 0 bridgehead atoms. The van der Waals surface area contributed by atoms with Crippen LogP contribution in [0.5, 0.6) is 0 Å². The van der Waals surface area contributed by atoms with Gasteiger partial charge in [0.25, 0.3) is 10.1 Å². The molecule has 2 aromatic carbocycles. The summed E-state index contributed by atoms with van der Waals surface area (Å²) in [7, 11) is -3.66. The molecule has 3 atom stereocenters. The molecule has 37 heavy (non-hydrogen) atoms. The van der Waals surface area contributed by atoms with Gasteiger partial charge < -0.3 is 9.47 Å². The molecule has 1 heterocycles. The molecule has 1 fully saturated rings. The Kier molecular flexibility index (Phi) is 9.28. The smallest absolute Gasteiger partial charge is 0.352 e. The van der Waals surface area contributed by atoms with Crippen LogP contribution >= 0.6 is 0 Å². The van der Waals surface area contributed by atoms with Crippen LogP contribution in [-0.4, -0.2) is 40.8 Å². The highest BCUT2D eigenvalue weighted by Gasteiger charge is 2.38. The molecule has 0 amide bonds. The van der Waals surface area contributed by atoms with Crippen molar-refractivity contribution in [1.29, 1.82) is 0 Å². The van der Waals surface area contributed by atoms with E-state index in [1.54, 1.807) is 18.2 Å². The van der Waals surface area contributed by atoms with Gasteiger partial charge in [-0.05, 0) is 42.2 Å². The van der Waals surface area contributed by atoms with Crippen LogP contribution in [0.4, 0.5) is 26.3 Å². The van der Waals surface area contributed by atoms with Gasteiger partial charge >= 0.3 is 12.4 Å². The number of rotatable bonds is 7. The molecule has 1 saturated heterocycles. The summed E-state index contributed by atoms with van der Waals surface area (Å²) in [5.74, 6) is 4.90. The van der Waals surface area contributed by atoms with Crippen molar-refractivity contribution in [3.8, 4) is 11.8 Å². The summed E-state index contributed by atoms with van der Waals surface area (Å²) < 4.78 is 117. The summed E-state index contributed by atoms with van der Waals surface area (Å²) in [6.45, 7) is -0.299. The summed E-state index contributed by atoms with van der Waals surface area (Å²) in [6.07, 6.45) is -9.56. The Hall–Kier alpha value is -2.59. The first-order valence-electron chi connectivity index (χ1n) is 11.1. The zero-order chi connectivity index (χ0) is 27.3. The predicted octanol–water partition coefficient (Wildman–Crippen LogP) is 5.41. The van der Waals surface area contributed by atoms with E-state index in [2.05, 4.69) is 16.0 Å². The van der Waals surface area contributed by atoms with Crippen molar-refractivity contribution in [2.75, 3.05) is 26.1 Å². The van der Waals surface area contributed by atoms with Gasteiger partial charge in [-0.3, -0.25) is 4.18 Å². The number of alkyl halides is 6. The zero-order valence-corrected chi connectivity index (χ0v) is 20.4. The number of benzene rings is 2. The monoisotopic (exact) mass is 550 g/mol. The van der Waals surface area contributed by atoms with Gasteiger partial charge in [0.15, 0.2) is 6.29 Å². The Balaban J connectivity index is 1.77. The minimum absolute atomic E-state index is 0.0802. The van der Waals surface area contributed by atoms with Crippen LogP contribution in [0.1, 0.15) is 34.6 Å². The first kappa shape index (κ1) is 29.0. The fourth-order valence-corrected chi connectivity index (χ4v) is 4.20. The predicted molar refractivity (Wildman–Crippen MR) is 122 cm³/mol. The molecule has 1 aliphatic heterocycles. The second-order valence-electron chi connectivity index (χ2n) is 8.39. The van der Waals surface area contributed by atoms with E-state index in [0.717, 1.165) is 11.8 Å². The Bertz CT molecular complexity index is 1180. The summed E-state index contributed by atoms with van der Waals surface area (Å²) in [5, 5.41) is 0. The summed E-state index contributed by atoms with van der Waals surface area (Å²) in [5.41, 5.74) is -2.16. The van der Waals surface area contributed by atoms with Crippen LogP contribution in [0.15, 0.2) is 48.5 Å². The standard InChI is InChI=1S/C25H24F6O5S/c1-37(32,33)36-11-5-8-19-10-13-35-23(22(19)18-6-3-2-4-7-18)34-12-9-17-14-20(24(26,27)28)16-21(15-17)25(29,30)31/h2-4,6-7,14-16,19,22-23H,9-13H2,1H3/t19-,22+,23?/m1/s1. The number of hydrogen-bond acceptors (Lipinski definition) is 5. The van der Waals surface area contributed by atoms with Crippen LogP contribution in [0.3, 0.4) is 0 Å². The zero-order valence-electron chi connectivity index (χ0n) is 19.6. The third-order valence-electron chi connectivity index (χ3n) is 5.58. The molecule has 0 N–H and O–H groups in total. The lowest BCUT2D eigenvalue weighted by Crippen LogP contribution is -2.36. The van der Waals surface area contributed by atoms with Crippen LogP contribution in [0.2, 0.25) is 0 Å². The van der Waals surface area contributed by atoms with Gasteiger partial charge in [0.05, 0.1) is 30.6 Å². The van der Waals surface area contributed by atoms with E-state index in [4.69, 9.17) is 9.47 Å². The lowest BCUT2D eigenvalue weighted by molar-refractivity contribution is -0.181. The molecule has 0 aliphatic carbocycles. The fraction of sp³-hybridized carbons (Fsp3) is 0.440. The van der Waals surface area contributed by atoms with Crippen molar-refractivity contribution in [2.45, 2.75) is 37.4 Å². The van der Waals surface area contributed by atoms with Crippen molar-refractivity contribution < 1.29 is 48.4 Å². The molecule has 1 aliphatic rings. The summed E-state index contributed by atoms with van der Waals surface area (Å²) in [4.78, 5) is 0. The maximum Gasteiger partial charge on any atom is 0.416 e. The average Bonchev–Trinajstić information content (AvgIpc) is 2.80. The van der Waals surface area contributed by atoms with Crippen molar-refractivity contribution in [2.24, 2.45) is 5.92 Å². The number of ether oxygens (including phenoxy) is 2. The number of hydrogen-bond donors (Lipinski definition) is 0. The Labute approximate surface area is 210 Å². The van der Waals surface area contributed by atoms with Crippen molar-refractivity contribution in [1.82, 2.24) is 0 Å². The lowest BCUT2D eigenvalue weighted by atomic mass is 9.82. The first-order chi connectivity index (χ1) is 17.2. The normalized spacial score (nSPS) is 20.8. The molecule has 5 nitrogen and oxygen atoms in total. The largest absolute Gasteiger partial charge is 0.416 e. The van der Waals surface area contributed by atoms with Crippen molar-refractivity contribution in [3.63, 3.8) is 0 Å². The molecule has 0 radical (unpaired) electrons. The fourth-order valence-electron chi connectivity index (χ4n) is 3.93. The SMILES string of the molecule is CS(=O)(=O)OCC#C[C@@H]1CCOC(OCCc2cc(C(F)(F)F)cc(C(F)(F)F)c2)[C@H]1c1ccccc1. The van der Waals surface area contributed by atoms with Crippen molar-refractivity contribution in [3.05, 3.63) is 70.8 Å². The minimum Gasteiger partial charge on any atom is -0.352 e. The third-order valence-corrected chi connectivity index (χ3v) is 6.12. The second-order valence-corrected chi connectivity index (χ2v) is 10.0. The van der Waals surface area contributed by atoms with Gasteiger partial charge in [-0.25, -0.2) is 0 Å². The van der Waals surface area contributed by atoms with Gasteiger partial charge in [0.1, 0.15) is 6.61 Å². The van der Waals surface area contributed by atoms with E-state index in [1.807, 2.05) is 12.1 Å². The molecule has 202 valence electrons. The highest BCUT2D eigenvalue weighted by molar-refractivity contribution is 7.86. The van der Waals surface area contributed by atoms with Gasteiger partial charge in [-0.2, -0.15) is 34.8 Å². The van der Waals surface area contributed by atoms with E-state index < -0.39 is 45.8 Å². The molecule has 0 aromatic heterocycles. The first-order valence-corrected chi connectivity index (χ1v) is 12.9. The Morgan fingerprint density at radius 1 is 1.00 bits per heavy atom. The molecule has 0 saturated carbocycles. The molecule has 12 heteroatoms. The van der Waals surface area contributed by atoms with Gasteiger partial charge in [0, 0.05) is 11.8 Å². The number of halogens is 6. The van der Waals surface area contributed by atoms with Crippen LogP contribution < -0.4 is 0 Å². The van der Waals surface area contributed by atoms with Crippen LogP contribution in [0.25, 0.3) is 0 Å². The topological polar surface area (TPSA) is 61.8 Å². The maximum absolute atomic E-state index is 13.2. The van der Waals surface area contributed by atoms with Crippen LogP contribution in [-0.2, 0) is 42.5 Å². The van der Waals surface area contributed by atoms with Crippen molar-refractivity contribution >= 4 is 10.1 Å². The van der Waals surface area contributed by atoms with Gasteiger partial charge in [0.2, 0.25) is 0 Å². The summed E-state index contributed by atoms with van der Waals surface area (Å²) in [6, 6.07) is 10.4. The van der Waals surface area contributed by atoms with E-state index in [9.17, 15) is 34.8 Å². The molecule has 1 unspecified atom stereocenters. The quantitative estimate of drug-likeness (QED) is 0.262.